The van der Waals surface area contributed by atoms with Crippen molar-refractivity contribution in [1.82, 2.24) is 30.5 Å². The van der Waals surface area contributed by atoms with E-state index in [9.17, 15) is 14.0 Å². The molecule has 2 aromatic carbocycles. The largest absolute Gasteiger partial charge is 0.444 e. The predicted octanol–water partition coefficient (Wildman–Crippen LogP) is 3.36. The van der Waals surface area contributed by atoms with Gasteiger partial charge in [0.1, 0.15) is 17.9 Å². The van der Waals surface area contributed by atoms with Crippen molar-refractivity contribution in [3.05, 3.63) is 58.4 Å². The quantitative estimate of drug-likeness (QED) is 0.557. The maximum absolute atomic E-state index is 13.9. The normalized spacial score (nSPS) is 18.9. The van der Waals surface area contributed by atoms with Crippen LogP contribution in [0.1, 0.15) is 35.2 Å². The number of nitrogens with one attached hydrogen (secondary N) is 2. The molecule has 2 fully saturated rings. The first kappa shape index (κ1) is 23.5. The number of halogens is 2. The number of rotatable bonds is 5. The molecule has 2 saturated heterocycles. The summed E-state index contributed by atoms with van der Waals surface area (Å²) >= 11 is 5.76. The number of aromatic amines is 1. The van der Waals surface area contributed by atoms with E-state index in [-0.39, 0.29) is 24.6 Å². The Labute approximate surface area is 206 Å². The molecule has 35 heavy (non-hydrogen) atoms. The number of ether oxygens (including phenoxy) is 1. The minimum Gasteiger partial charge on any atom is -0.444 e. The summed E-state index contributed by atoms with van der Waals surface area (Å²) in [7, 11) is 0. The molecule has 2 amide bonds. The van der Waals surface area contributed by atoms with Gasteiger partial charge >= 0.3 is 6.09 Å². The standard InChI is InChI=1S/C24H26ClFN6O3/c25-17-3-1-16(20(26)12-17)14-35-24(34)32-10-7-19(13-32)27-18-5-8-31(9-6-18)23(33)15-2-4-21-22(11-15)29-30-28-21/h1-4,11-12,18-19,27H,5-10,13-14H2,(H,28,29,30). The van der Waals surface area contributed by atoms with E-state index in [2.05, 4.69) is 20.7 Å². The van der Waals surface area contributed by atoms with Crippen LogP contribution in [0, 0.1) is 5.82 Å². The molecule has 0 spiro atoms. The number of hydrogen-bond donors (Lipinski definition) is 2. The Morgan fingerprint density at radius 3 is 2.66 bits per heavy atom. The molecule has 0 saturated carbocycles. The third kappa shape index (κ3) is 5.38. The van der Waals surface area contributed by atoms with Crippen LogP contribution < -0.4 is 5.32 Å². The Kier molecular flexibility index (Phi) is 6.83. The number of benzene rings is 2. The Hall–Kier alpha value is -3.24. The lowest BCUT2D eigenvalue weighted by atomic mass is 10.0. The van der Waals surface area contributed by atoms with Gasteiger partial charge in [0.2, 0.25) is 0 Å². The average Bonchev–Trinajstić information content (AvgIpc) is 3.52. The highest BCUT2D eigenvalue weighted by Crippen LogP contribution is 2.20. The molecule has 0 bridgehead atoms. The van der Waals surface area contributed by atoms with Crippen LogP contribution in [-0.4, -0.2) is 75.5 Å². The number of piperidine rings is 1. The lowest BCUT2D eigenvalue weighted by Crippen LogP contribution is -2.48. The zero-order valence-electron chi connectivity index (χ0n) is 19.0. The lowest BCUT2D eigenvalue weighted by Gasteiger charge is -2.34. The minimum absolute atomic E-state index is 0.000242. The van der Waals surface area contributed by atoms with Gasteiger partial charge in [-0.25, -0.2) is 9.18 Å². The molecule has 1 unspecified atom stereocenters. The van der Waals surface area contributed by atoms with E-state index in [1.54, 1.807) is 23.1 Å². The van der Waals surface area contributed by atoms with Crippen LogP contribution in [0.2, 0.25) is 5.02 Å². The number of H-pyrrole nitrogens is 1. The molecule has 2 aliphatic rings. The number of fused-ring (bicyclic) bond motifs is 1. The Morgan fingerprint density at radius 2 is 1.86 bits per heavy atom. The van der Waals surface area contributed by atoms with E-state index in [0.717, 1.165) is 24.8 Å². The fourth-order valence-corrected chi connectivity index (χ4v) is 4.83. The van der Waals surface area contributed by atoms with E-state index in [4.69, 9.17) is 16.3 Å². The van der Waals surface area contributed by atoms with Crippen molar-refractivity contribution in [3.8, 4) is 0 Å². The van der Waals surface area contributed by atoms with E-state index in [1.165, 1.54) is 12.1 Å². The predicted molar refractivity (Wildman–Crippen MR) is 128 cm³/mol. The lowest BCUT2D eigenvalue weighted by molar-refractivity contribution is 0.0700. The summed E-state index contributed by atoms with van der Waals surface area (Å²) in [5.74, 6) is -0.491. The fourth-order valence-electron chi connectivity index (χ4n) is 4.67. The monoisotopic (exact) mass is 500 g/mol. The molecule has 3 heterocycles. The Bertz CT molecular complexity index is 1230. The second-order valence-electron chi connectivity index (χ2n) is 9.00. The molecular formula is C24H26ClFN6O3. The number of hydrogen-bond acceptors (Lipinski definition) is 6. The van der Waals surface area contributed by atoms with Crippen LogP contribution in [-0.2, 0) is 11.3 Å². The summed E-state index contributed by atoms with van der Waals surface area (Å²) in [6.45, 7) is 2.32. The van der Waals surface area contributed by atoms with Gasteiger partial charge < -0.3 is 19.9 Å². The van der Waals surface area contributed by atoms with Crippen LogP contribution in [0.5, 0.6) is 0 Å². The SMILES string of the molecule is O=C(OCc1ccc(Cl)cc1F)N1CCC(NC2CCN(C(=O)c3ccc4[nH]nnc4c3)CC2)C1. The van der Waals surface area contributed by atoms with Crippen molar-refractivity contribution in [2.75, 3.05) is 26.2 Å². The summed E-state index contributed by atoms with van der Waals surface area (Å²) in [5, 5.41) is 14.5. The molecule has 3 aromatic rings. The zero-order chi connectivity index (χ0) is 24.4. The van der Waals surface area contributed by atoms with Gasteiger partial charge in [0.25, 0.3) is 5.91 Å². The fraction of sp³-hybridized carbons (Fsp3) is 0.417. The topological polar surface area (TPSA) is 103 Å². The third-order valence-electron chi connectivity index (χ3n) is 6.64. The molecule has 5 rings (SSSR count). The number of aromatic nitrogens is 3. The molecule has 9 nitrogen and oxygen atoms in total. The molecule has 11 heteroatoms. The second kappa shape index (κ2) is 10.2. The minimum atomic E-state index is -0.491. The van der Waals surface area contributed by atoms with E-state index >= 15 is 0 Å². The number of carbonyl (C=O) groups is 2. The third-order valence-corrected chi connectivity index (χ3v) is 6.87. The second-order valence-corrected chi connectivity index (χ2v) is 9.44. The Balaban J connectivity index is 1.06. The average molecular weight is 501 g/mol. The van der Waals surface area contributed by atoms with Crippen molar-refractivity contribution in [1.29, 1.82) is 0 Å². The molecule has 184 valence electrons. The van der Waals surface area contributed by atoms with Crippen molar-refractivity contribution in [2.24, 2.45) is 0 Å². The van der Waals surface area contributed by atoms with E-state index in [0.29, 0.717) is 47.8 Å². The van der Waals surface area contributed by atoms with Gasteiger partial charge in [-0.1, -0.05) is 22.9 Å². The van der Waals surface area contributed by atoms with Crippen molar-refractivity contribution < 1.29 is 18.7 Å². The highest BCUT2D eigenvalue weighted by Gasteiger charge is 2.31. The van der Waals surface area contributed by atoms with Crippen LogP contribution in [0.15, 0.2) is 36.4 Å². The highest BCUT2D eigenvalue weighted by molar-refractivity contribution is 6.30. The number of amides is 2. The number of nitrogens with zero attached hydrogens (tertiary/aromatic N) is 4. The highest BCUT2D eigenvalue weighted by atomic mass is 35.5. The van der Waals surface area contributed by atoms with Crippen LogP contribution in [0.4, 0.5) is 9.18 Å². The smallest absolute Gasteiger partial charge is 0.410 e. The van der Waals surface area contributed by atoms with Crippen molar-refractivity contribution in [2.45, 2.75) is 38.0 Å². The number of carbonyl (C=O) groups excluding carboxylic acids is 2. The molecule has 2 aliphatic heterocycles. The summed E-state index contributed by atoms with van der Waals surface area (Å²) in [6.07, 6.45) is 2.05. The van der Waals surface area contributed by atoms with Crippen molar-refractivity contribution in [3.63, 3.8) is 0 Å². The maximum Gasteiger partial charge on any atom is 0.410 e. The Morgan fingerprint density at radius 1 is 1.09 bits per heavy atom. The van der Waals surface area contributed by atoms with Gasteiger partial charge in [-0.2, -0.15) is 0 Å². The summed E-state index contributed by atoms with van der Waals surface area (Å²) in [4.78, 5) is 28.8. The van der Waals surface area contributed by atoms with Crippen molar-refractivity contribution >= 4 is 34.6 Å². The van der Waals surface area contributed by atoms with E-state index < -0.39 is 11.9 Å². The zero-order valence-corrected chi connectivity index (χ0v) is 19.8. The summed E-state index contributed by atoms with van der Waals surface area (Å²) in [5.41, 5.74) is 2.38. The van der Waals surface area contributed by atoms with Gasteiger partial charge in [0.05, 0.1) is 5.52 Å². The maximum atomic E-state index is 13.9. The molecule has 1 aromatic heterocycles. The van der Waals surface area contributed by atoms with E-state index in [1.807, 2.05) is 11.0 Å². The molecule has 1 atom stereocenters. The van der Waals surface area contributed by atoms with Gasteiger partial charge in [0, 0.05) is 54.4 Å². The van der Waals surface area contributed by atoms with Gasteiger partial charge in [-0.15, -0.1) is 5.10 Å². The van der Waals surface area contributed by atoms with Crippen LogP contribution in [0.3, 0.4) is 0 Å². The van der Waals surface area contributed by atoms with Gasteiger partial charge in [0.15, 0.2) is 0 Å². The van der Waals surface area contributed by atoms with Gasteiger partial charge in [-0.3, -0.25) is 9.89 Å². The summed E-state index contributed by atoms with van der Waals surface area (Å²) < 4.78 is 19.2. The first-order valence-corrected chi connectivity index (χ1v) is 12.1. The molecule has 2 N–H and O–H groups in total. The molecular weight excluding hydrogens is 475 g/mol. The van der Waals surface area contributed by atoms with Gasteiger partial charge in [-0.05, 0) is 49.6 Å². The number of likely N-dealkylation sites (tertiary alicyclic amines) is 2. The summed E-state index contributed by atoms with van der Waals surface area (Å²) in [6, 6.07) is 10.1. The molecule has 0 aliphatic carbocycles. The first-order valence-electron chi connectivity index (χ1n) is 11.7. The molecule has 0 radical (unpaired) electrons. The first-order chi connectivity index (χ1) is 17.0. The van der Waals surface area contributed by atoms with Crippen LogP contribution in [0.25, 0.3) is 11.0 Å². The van der Waals surface area contributed by atoms with Crippen LogP contribution >= 0.6 is 11.6 Å².